The van der Waals surface area contributed by atoms with Gasteiger partial charge in [-0.1, -0.05) is 26.0 Å². The highest BCUT2D eigenvalue weighted by molar-refractivity contribution is 5.85. The van der Waals surface area contributed by atoms with E-state index in [-0.39, 0.29) is 36.6 Å². The summed E-state index contributed by atoms with van der Waals surface area (Å²) in [6.07, 6.45) is 0.989. The van der Waals surface area contributed by atoms with E-state index in [1.165, 1.54) is 0 Å². The van der Waals surface area contributed by atoms with Gasteiger partial charge >= 0.3 is 0 Å². The van der Waals surface area contributed by atoms with E-state index in [4.69, 9.17) is 5.26 Å². The van der Waals surface area contributed by atoms with E-state index < -0.39 is 0 Å². The Bertz CT molecular complexity index is 497. The molecular weight excluding hydrogens is 321 g/mol. The molecule has 1 heterocycles. The second kappa shape index (κ2) is 9.91. The van der Waals surface area contributed by atoms with Crippen LogP contribution in [0.25, 0.3) is 0 Å². The summed E-state index contributed by atoms with van der Waals surface area (Å²) in [5.74, 6) is 0.694. The van der Waals surface area contributed by atoms with E-state index in [9.17, 15) is 5.11 Å². The van der Waals surface area contributed by atoms with Crippen molar-refractivity contribution in [2.75, 3.05) is 26.2 Å². The zero-order chi connectivity index (χ0) is 14.5. The van der Waals surface area contributed by atoms with Crippen molar-refractivity contribution >= 4 is 24.8 Å². The van der Waals surface area contributed by atoms with Gasteiger partial charge < -0.3 is 10.4 Å². The SMILES string of the molecule is CC(C)C[C@@H](c1cccc(C#N)c1O)N1CCNCC1.Cl.Cl. The number of phenols is 1. The molecule has 1 aromatic rings. The van der Waals surface area contributed by atoms with Crippen molar-refractivity contribution in [1.82, 2.24) is 10.2 Å². The molecule has 6 heteroatoms. The van der Waals surface area contributed by atoms with Crippen molar-refractivity contribution in [1.29, 1.82) is 5.26 Å². The van der Waals surface area contributed by atoms with Crippen molar-refractivity contribution < 1.29 is 5.11 Å². The Kier molecular flexibility index (Phi) is 9.47. The summed E-state index contributed by atoms with van der Waals surface area (Å²) in [5, 5.41) is 22.8. The molecular formula is C16H25Cl2N3O. The Morgan fingerprint density at radius 1 is 1.27 bits per heavy atom. The molecule has 0 radical (unpaired) electrons. The average molecular weight is 346 g/mol. The standard InChI is InChI=1S/C16H23N3O.2ClH/c1-12(2)10-15(19-8-6-18-7-9-19)14-5-3-4-13(11-17)16(14)20;;/h3-5,12,15,18,20H,6-10H2,1-2H3;2*1H/t15-;;/m0../s1. The van der Waals surface area contributed by atoms with Crippen molar-refractivity contribution in [3.8, 4) is 11.8 Å². The van der Waals surface area contributed by atoms with E-state index in [0.29, 0.717) is 11.5 Å². The fraction of sp³-hybridized carbons (Fsp3) is 0.562. The van der Waals surface area contributed by atoms with Crippen molar-refractivity contribution in [3.05, 3.63) is 29.3 Å². The molecule has 22 heavy (non-hydrogen) atoms. The lowest BCUT2D eigenvalue weighted by molar-refractivity contribution is 0.151. The third kappa shape index (κ3) is 5.03. The zero-order valence-corrected chi connectivity index (χ0v) is 14.7. The van der Waals surface area contributed by atoms with Gasteiger partial charge in [0.25, 0.3) is 0 Å². The van der Waals surface area contributed by atoms with Crippen LogP contribution < -0.4 is 5.32 Å². The van der Waals surface area contributed by atoms with Crippen LogP contribution >= 0.6 is 24.8 Å². The molecule has 0 saturated carbocycles. The van der Waals surface area contributed by atoms with Crippen LogP contribution in [0.15, 0.2) is 18.2 Å². The maximum absolute atomic E-state index is 10.3. The van der Waals surface area contributed by atoms with Crippen molar-refractivity contribution in [2.45, 2.75) is 26.3 Å². The van der Waals surface area contributed by atoms with E-state index in [1.807, 2.05) is 12.1 Å². The van der Waals surface area contributed by atoms with Gasteiger partial charge in [-0.25, -0.2) is 0 Å². The summed E-state index contributed by atoms with van der Waals surface area (Å²) in [4.78, 5) is 2.41. The van der Waals surface area contributed by atoms with E-state index >= 15 is 0 Å². The van der Waals surface area contributed by atoms with Crippen LogP contribution in [0.2, 0.25) is 0 Å². The summed E-state index contributed by atoms with van der Waals surface area (Å²) in [5.41, 5.74) is 1.26. The highest BCUT2D eigenvalue weighted by Crippen LogP contribution is 2.35. The molecule has 1 atom stereocenters. The molecule has 1 aliphatic rings. The Labute approximate surface area is 145 Å². The first-order valence-corrected chi connectivity index (χ1v) is 7.30. The first-order chi connectivity index (χ1) is 9.63. The molecule has 0 aliphatic carbocycles. The van der Waals surface area contributed by atoms with Crippen LogP contribution in [-0.4, -0.2) is 36.2 Å². The molecule has 2 N–H and O–H groups in total. The highest BCUT2D eigenvalue weighted by Gasteiger charge is 2.26. The number of piperazine rings is 1. The third-order valence-corrected chi connectivity index (χ3v) is 3.83. The number of nitrogens with zero attached hydrogens (tertiary/aromatic N) is 2. The van der Waals surface area contributed by atoms with Crippen LogP contribution in [0.4, 0.5) is 0 Å². The Hall–Kier alpha value is -0.990. The molecule has 1 aliphatic heterocycles. The highest BCUT2D eigenvalue weighted by atomic mass is 35.5. The fourth-order valence-electron chi connectivity index (χ4n) is 2.83. The number of hydrogen-bond acceptors (Lipinski definition) is 4. The lowest BCUT2D eigenvalue weighted by Gasteiger charge is -2.36. The summed E-state index contributed by atoms with van der Waals surface area (Å²) < 4.78 is 0. The third-order valence-electron chi connectivity index (χ3n) is 3.83. The number of phenolic OH excluding ortho intramolecular Hbond substituents is 1. The number of halogens is 2. The quantitative estimate of drug-likeness (QED) is 0.880. The first kappa shape index (κ1) is 21.0. The van der Waals surface area contributed by atoms with Crippen LogP contribution in [0.3, 0.4) is 0 Å². The topological polar surface area (TPSA) is 59.3 Å². The van der Waals surface area contributed by atoms with Gasteiger partial charge in [-0.2, -0.15) is 5.26 Å². The molecule has 0 spiro atoms. The molecule has 0 unspecified atom stereocenters. The van der Waals surface area contributed by atoms with Crippen LogP contribution in [0.1, 0.15) is 37.4 Å². The van der Waals surface area contributed by atoms with Crippen LogP contribution in [-0.2, 0) is 0 Å². The van der Waals surface area contributed by atoms with E-state index in [1.54, 1.807) is 6.07 Å². The zero-order valence-electron chi connectivity index (χ0n) is 13.1. The van der Waals surface area contributed by atoms with Gasteiger partial charge in [0.1, 0.15) is 11.8 Å². The predicted molar refractivity (Wildman–Crippen MR) is 94.0 cm³/mol. The first-order valence-electron chi connectivity index (χ1n) is 7.30. The summed E-state index contributed by atoms with van der Waals surface area (Å²) in [7, 11) is 0. The molecule has 2 rings (SSSR count). The number of aromatic hydroxyl groups is 1. The van der Waals surface area contributed by atoms with Crippen LogP contribution in [0.5, 0.6) is 5.75 Å². The van der Waals surface area contributed by atoms with Gasteiger partial charge in [-0.05, 0) is 18.4 Å². The van der Waals surface area contributed by atoms with Gasteiger partial charge in [0.15, 0.2) is 0 Å². The van der Waals surface area contributed by atoms with Gasteiger partial charge in [0.2, 0.25) is 0 Å². The molecule has 0 aromatic heterocycles. The van der Waals surface area contributed by atoms with Gasteiger partial charge in [-0.3, -0.25) is 4.90 Å². The Morgan fingerprint density at radius 2 is 1.91 bits per heavy atom. The van der Waals surface area contributed by atoms with Gasteiger partial charge in [-0.15, -0.1) is 24.8 Å². The summed E-state index contributed by atoms with van der Waals surface area (Å²) in [6, 6.07) is 7.73. The lowest BCUT2D eigenvalue weighted by atomic mass is 9.93. The smallest absolute Gasteiger partial charge is 0.138 e. The number of nitrogens with one attached hydrogen (secondary N) is 1. The Balaban J connectivity index is 0.00000220. The molecule has 1 fully saturated rings. The monoisotopic (exact) mass is 345 g/mol. The van der Waals surface area contributed by atoms with E-state index in [0.717, 1.165) is 38.2 Å². The van der Waals surface area contributed by atoms with Crippen LogP contribution in [0, 0.1) is 17.2 Å². The second-order valence-electron chi connectivity index (χ2n) is 5.79. The maximum Gasteiger partial charge on any atom is 0.138 e. The minimum absolute atomic E-state index is 0. The van der Waals surface area contributed by atoms with Crippen molar-refractivity contribution in [2.24, 2.45) is 5.92 Å². The molecule has 4 nitrogen and oxygen atoms in total. The maximum atomic E-state index is 10.3. The second-order valence-corrected chi connectivity index (χ2v) is 5.79. The number of rotatable bonds is 4. The normalized spacial score (nSPS) is 16.3. The minimum Gasteiger partial charge on any atom is -0.506 e. The number of nitriles is 1. The number of hydrogen-bond donors (Lipinski definition) is 2. The summed E-state index contributed by atoms with van der Waals surface area (Å²) >= 11 is 0. The lowest BCUT2D eigenvalue weighted by Crippen LogP contribution is -2.45. The van der Waals surface area contributed by atoms with E-state index in [2.05, 4.69) is 30.1 Å². The molecule has 1 saturated heterocycles. The fourth-order valence-corrected chi connectivity index (χ4v) is 2.83. The largest absolute Gasteiger partial charge is 0.506 e. The number of benzene rings is 1. The minimum atomic E-state index is 0. The molecule has 124 valence electrons. The van der Waals surface area contributed by atoms with Gasteiger partial charge in [0.05, 0.1) is 5.56 Å². The summed E-state index contributed by atoms with van der Waals surface area (Å²) in [6.45, 7) is 8.31. The predicted octanol–water partition coefficient (Wildman–Crippen LogP) is 3.10. The molecule has 1 aromatic carbocycles. The van der Waals surface area contributed by atoms with Crippen molar-refractivity contribution in [3.63, 3.8) is 0 Å². The average Bonchev–Trinajstić information content (AvgIpc) is 2.46. The number of para-hydroxylation sites is 1. The Morgan fingerprint density at radius 3 is 2.45 bits per heavy atom. The van der Waals surface area contributed by atoms with Gasteiger partial charge in [0, 0.05) is 37.8 Å². The molecule has 0 amide bonds. The molecule has 0 bridgehead atoms.